The number of benzene rings is 1. The van der Waals surface area contributed by atoms with Gasteiger partial charge in [-0.1, -0.05) is 11.2 Å². The van der Waals surface area contributed by atoms with Crippen molar-refractivity contribution in [3.8, 4) is 34.3 Å². The lowest BCUT2D eigenvalue weighted by Crippen LogP contribution is -2.43. The van der Waals surface area contributed by atoms with Crippen LogP contribution >= 0.6 is 0 Å². The molecule has 0 spiro atoms. The van der Waals surface area contributed by atoms with Crippen molar-refractivity contribution in [1.29, 1.82) is 0 Å². The van der Waals surface area contributed by atoms with Gasteiger partial charge in [-0.25, -0.2) is 4.98 Å². The van der Waals surface area contributed by atoms with Gasteiger partial charge in [-0.15, -0.1) is 0 Å². The number of methoxy groups -OCH3 is 2. The molecule has 2 aromatic heterocycles. The van der Waals surface area contributed by atoms with Crippen molar-refractivity contribution in [2.45, 2.75) is 0 Å². The summed E-state index contributed by atoms with van der Waals surface area (Å²) in [7, 11) is 3.18. The molecular formula is C19H21N5O3. The molecule has 140 valence electrons. The summed E-state index contributed by atoms with van der Waals surface area (Å²) < 4.78 is 16.2. The monoisotopic (exact) mass is 367 g/mol. The minimum Gasteiger partial charge on any atom is -0.493 e. The Balaban J connectivity index is 1.60. The lowest BCUT2D eigenvalue weighted by atomic mass is 10.1. The molecule has 1 N–H and O–H groups in total. The largest absolute Gasteiger partial charge is 0.493 e. The summed E-state index contributed by atoms with van der Waals surface area (Å²) in [5.74, 6) is 2.98. The van der Waals surface area contributed by atoms with Gasteiger partial charge in [0.05, 0.1) is 25.3 Å². The molecule has 1 aliphatic rings. The molecule has 1 saturated heterocycles. The molecule has 0 bridgehead atoms. The molecule has 3 aromatic rings. The topological polar surface area (TPSA) is 85.5 Å². The van der Waals surface area contributed by atoms with Gasteiger partial charge in [0.1, 0.15) is 5.82 Å². The predicted octanol–water partition coefficient (Wildman–Crippen LogP) is 2.23. The smallest absolute Gasteiger partial charge is 0.259 e. The van der Waals surface area contributed by atoms with E-state index in [2.05, 4.69) is 25.3 Å². The van der Waals surface area contributed by atoms with E-state index in [9.17, 15) is 0 Å². The highest BCUT2D eigenvalue weighted by Gasteiger charge is 2.18. The number of aromatic nitrogens is 3. The average molecular weight is 367 g/mol. The van der Waals surface area contributed by atoms with Gasteiger partial charge in [-0.05, 0) is 24.3 Å². The van der Waals surface area contributed by atoms with Crippen molar-refractivity contribution in [2.24, 2.45) is 0 Å². The SMILES string of the molecule is COc1cccc(-c2noc(-c3ccc(N4CCNCC4)nc3)n2)c1OC. The molecule has 1 fully saturated rings. The molecule has 0 radical (unpaired) electrons. The van der Waals surface area contributed by atoms with Crippen LogP contribution in [0, 0.1) is 0 Å². The van der Waals surface area contributed by atoms with Gasteiger partial charge in [0.25, 0.3) is 5.89 Å². The highest BCUT2D eigenvalue weighted by atomic mass is 16.5. The molecule has 8 nitrogen and oxygen atoms in total. The van der Waals surface area contributed by atoms with E-state index < -0.39 is 0 Å². The first-order chi connectivity index (χ1) is 13.3. The minimum absolute atomic E-state index is 0.411. The van der Waals surface area contributed by atoms with Gasteiger partial charge >= 0.3 is 0 Å². The molecule has 1 aliphatic heterocycles. The number of hydrogen-bond acceptors (Lipinski definition) is 8. The van der Waals surface area contributed by atoms with E-state index in [4.69, 9.17) is 14.0 Å². The van der Waals surface area contributed by atoms with Crippen molar-refractivity contribution in [2.75, 3.05) is 45.3 Å². The number of hydrogen-bond donors (Lipinski definition) is 1. The zero-order valence-corrected chi connectivity index (χ0v) is 15.3. The maximum atomic E-state index is 5.45. The summed E-state index contributed by atoms with van der Waals surface area (Å²) >= 11 is 0. The van der Waals surface area contributed by atoms with Crippen LogP contribution in [0.3, 0.4) is 0 Å². The highest BCUT2D eigenvalue weighted by molar-refractivity contribution is 5.69. The molecule has 1 aromatic carbocycles. The van der Waals surface area contributed by atoms with Crippen LogP contribution < -0.4 is 19.7 Å². The Kier molecular flexibility index (Phi) is 4.88. The molecule has 0 aliphatic carbocycles. The Labute approximate surface area is 157 Å². The Morgan fingerprint density at radius 3 is 2.63 bits per heavy atom. The molecule has 0 atom stereocenters. The lowest BCUT2D eigenvalue weighted by molar-refractivity contribution is 0.355. The van der Waals surface area contributed by atoms with Gasteiger partial charge < -0.3 is 24.2 Å². The summed E-state index contributed by atoms with van der Waals surface area (Å²) in [6, 6.07) is 9.47. The van der Waals surface area contributed by atoms with E-state index in [1.807, 2.05) is 30.3 Å². The van der Waals surface area contributed by atoms with E-state index in [0.717, 1.165) is 37.6 Å². The van der Waals surface area contributed by atoms with Crippen molar-refractivity contribution in [3.05, 3.63) is 36.5 Å². The van der Waals surface area contributed by atoms with Gasteiger partial charge in [0.2, 0.25) is 5.82 Å². The molecule has 27 heavy (non-hydrogen) atoms. The van der Waals surface area contributed by atoms with E-state index in [1.165, 1.54) is 0 Å². The standard InChI is InChI=1S/C19H21N5O3/c1-25-15-5-3-4-14(17(15)26-2)18-22-19(27-23-18)13-6-7-16(21-12-13)24-10-8-20-9-11-24/h3-7,12,20H,8-11H2,1-2H3. The zero-order chi connectivity index (χ0) is 18.6. The van der Waals surface area contributed by atoms with Gasteiger partial charge in [-0.3, -0.25) is 0 Å². The number of nitrogens with one attached hydrogen (secondary N) is 1. The lowest BCUT2D eigenvalue weighted by Gasteiger charge is -2.28. The van der Waals surface area contributed by atoms with Gasteiger partial charge in [-0.2, -0.15) is 4.98 Å². The molecule has 4 rings (SSSR count). The number of pyridine rings is 1. The van der Waals surface area contributed by atoms with Crippen molar-refractivity contribution < 1.29 is 14.0 Å². The first-order valence-electron chi connectivity index (χ1n) is 8.77. The summed E-state index contributed by atoms with van der Waals surface area (Å²) in [4.78, 5) is 11.3. The zero-order valence-electron chi connectivity index (χ0n) is 15.3. The number of piperazine rings is 1. The number of ether oxygens (including phenoxy) is 2. The summed E-state index contributed by atoms with van der Waals surface area (Å²) in [5, 5.41) is 7.43. The maximum Gasteiger partial charge on any atom is 0.259 e. The van der Waals surface area contributed by atoms with Crippen molar-refractivity contribution in [1.82, 2.24) is 20.4 Å². The van der Waals surface area contributed by atoms with E-state index in [1.54, 1.807) is 20.4 Å². The quantitative estimate of drug-likeness (QED) is 0.735. The van der Waals surface area contributed by atoms with Crippen LogP contribution in [0.15, 0.2) is 41.1 Å². The van der Waals surface area contributed by atoms with Gasteiger partial charge in [0, 0.05) is 32.4 Å². The van der Waals surface area contributed by atoms with Crippen LogP contribution in [0.2, 0.25) is 0 Å². The summed E-state index contributed by atoms with van der Waals surface area (Å²) in [6.45, 7) is 3.84. The normalized spacial score (nSPS) is 14.2. The second-order valence-corrected chi connectivity index (χ2v) is 6.11. The highest BCUT2D eigenvalue weighted by Crippen LogP contribution is 2.37. The third-order valence-electron chi connectivity index (χ3n) is 4.51. The van der Waals surface area contributed by atoms with Crippen LogP contribution in [0.4, 0.5) is 5.82 Å². The molecule has 8 heteroatoms. The van der Waals surface area contributed by atoms with Crippen LogP contribution in [-0.4, -0.2) is 55.5 Å². The number of nitrogens with zero attached hydrogens (tertiary/aromatic N) is 4. The third kappa shape index (κ3) is 3.43. The predicted molar refractivity (Wildman–Crippen MR) is 101 cm³/mol. The fraction of sp³-hybridized carbons (Fsp3) is 0.316. The number of anilines is 1. The minimum atomic E-state index is 0.411. The molecular weight excluding hydrogens is 346 g/mol. The first kappa shape index (κ1) is 17.3. The Morgan fingerprint density at radius 2 is 1.93 bits per heavy atom. The summed E-state index contributed by atoms with van der Waals surface area (Å²) in [6.07, 6.45) is 1.76. The second-order valence-electron chi connectivity index (χ2n) is 6.11. The molecule has 0 amide bonds. The molecule has 0 saturated carbocycles. The first-order valence-corrected chi connectivity index (χ1v) is 8.77. The fourth-order valence-electron chi connectivity index (χ4n) is 3.11. The Hall–Kier alpha value is -3.13. The molecule has 3 heterocycles. The van der Waals surface area contributed by atoms with E-state index in [-0.39, 0.29) is 0 Å². The van der Waals surface area contributed by atoms with Gasteiger partial charge in [0.15, 0.2) is 11.5 Å². The van der Waals surface area contributed by atoms with Crippen LogP contribution in [-0.2, 0) is 0 Å². The number of rotatable bonds is 5. The van der Waals surface area contributed by atoms with Crippen molar-refractivity contribution in [3.63, 3.8) is 0 Å². The van der Waals surface area contributed by atoms with Crippen molar-refractivity contribution >= 4 is 5.82 Å². The Morgan fingerprint density at radius 1 is 1.07 bits per heavy atom. The Bertz CT molecular complexity index is 904. The van der Waals surface area contributed by atoms with Crippen LogP contribution in [0.25, 0.3) is 22.8 Å². The van der Waals surface area contributed by atoms with E-state index in [0.29, 0.717) is 28.8 Å². The molecule has 0 unspecified atom stereocenters. The van der Waals surface area contributed by atoms with E-state index >= 15 is 0 Å². The summed E-state index contributed by atoms with van der Waals surface area (Å²) in [5.41, 5.74) is 1.48. The maximum absolute atomic E-state index is 5.45. The van der Waals surface area contributed by atoms with Crippen LogP contribution in [0.5, 0.6) is 11.5 Å². The second kappa shape index (κ2) is 7.63. The van der Waals surface area contributed by atoms with Crippen LogP contribution in [0.1, 0.15) is 0 Å². The number of para-hydroxylation sites is 1. The average Bonchev–Trinajstić information content (AvgIpc) is 3.24. The fourth-order valence-corrected chi connectivity index (χ4v) is 3.11. The third-order valence-corrected chi connectivity index (χ3v) is 4.51.